The summed E-state index contributed by atoms with van der Waals surface area (Å²) in [6.07, 6.45) is 8.37. The number of imidazole rings is 1. The maximum atomic E-state index is 6.18. The van der Waals surface area contributed by atoms with Crippen LogP contribution in [0.15, 0.2) is 18.3 Å². The Morgan fingerprint density at radius 3 is 2.82 bits per heavy atom. The average Bonchev–Trinajstić information content (AvgIpc) is 2.68. The fourth-order valence-electron chi connectivity index (χ4n) is 2.74. The van der Waals surface area contributed by atoms with Gasteiger partial charge in [0.05, 0.1) is 5.52 Å². The van der Waals surface area contributed by atoms with Gasteiger partial charge < -0.3 is 10.1 Å². The summed E-state index contributed by atoms with van der Waals surface area (Å²) in [6.45, 7) is 0. The second-order valence-corrected chi connectivity index (χ2v) is 5.17. The first kappa shape index (κ1) is 10.9. The van der Waals surface area contributed by atoms with Crippen molar-refractivity contribution in [2.75, 3.05) is 5.73 Å². The Kier molecular flexibility index (Phi) is 2.71. The SMILES string of the molecule is Nc1ccn2c(C3CCCCC3)nc(Cl)c2c1. The molecular weight excluding hydrogens is 234 g/mol. The lowest BCUT2D eigenvalue weighted by Crippen LogP contribution is -2.08. The standard InChI is InChI=1S/C13H16ClN3/c14-12-11-8-10(15)6-7-17(11)13(16-12)9-4-2-1-3-5-9/h6-9H,1-5,15H2. The summed E-state index contributed by atoms with van der Waals surface area (Å²) >= 11 is 6.18. The van der Waals surface area contributed by atoms with Crippen LogP contribution in [0.4, 0.5) is 5.69 Å². The van der Waals surface area contributed by atoms with Crippen molar-refractivity contribution in [1.82, 2.24) is 9.38 Å². The summed E-state index contributed by atoms with van der Waals surface area (Å²) in [5.74, 6) is 1.65. The number of hydrogen-bond acceptors (Lipinski definition) is 2. The molecule has 90 valence electrons. The van der Waals surface area contributed by atoms with Gasteiger partial charge in [-0.1, -0.05) is 30.9 Å². The lowest BCUT2D eigenvalue weighted by atomic mass is 9.89. The summed E-state index contributed by atoms with van der Waals surface area (Å²) in [7, 11) is 0. The minimum absolute atomic E-state index is 0.548. The smallest absolute Gasteiger partial charge is 0.155 e. The Labute approximate surface area is 106 Å². The summed E-state index contributed by atoms with van der Waals surface area (Å²) in [4.78, 5) is 4.53. The molecule has 0 saturated heterocycles. The van der Waals surface area contributed by atoms with Gasteiger partial charge in [-0.2, -0.15) is 0 Å². The molecule has 0 amide bonds. The molecule has 4 heteroatoms. The summed E-state index contributed by atoms with van der Waals surface area (Å²) in [6, 6.07) is 3.79. The van der Waals surface area contributed by atoms with Crippen molar-refractivity contribution in [2.45, 2.75) is 38.0 Å². The third-order valence-electron chi connectivity index (χ3n) is 3.62. The predicted octanol–water partition coefficient (Wildman–Crippen LogP) is 3.62. The van der Waals surface area contributed by atoms with Crippen LogP contribution >= 0.6 is 11.6 Å². The maximum Gasteiger partial charge on any atom is 0.155 e. The number of anilines is 1. The van der Waals surface area contributed by atoms with Crippen molar-refractivity contribution in [3.63, 3.8) is 0 Å². The molecular formula is C13H16ClN3. The van der Waals surface area contributed by atoms with E-state index >= 15 is 0 Å². The van der Waals surface area contributed by atoms with Crippen LogP contribution in [0.2, 0.25) is 5.15 Å². The largest absolute Gasteiger partial charge is 0.399 e. The van der Waals surface area contributed by atoms with Gasteiger partial charge in [0.1, 0.15) is 5.82 Å². The molecule has 1 aliphatic carbocycles. The average molecular weight is 250 g/mol. The minimum Gasteiger partial charge on any atom is -0.399 e. The van der Waals surface area contributed by atoms with Crippen LogP contribution in [0.25, 0.3) is 5.52 Å². The lowest BCUT2D eigenvalue weighted by Gasteiger charge is -2.20. The molecule has 17 heavy (non-hydrogen) atoms. The van der Waals surface area contributed by atoms with Crippen molar-refractivity contribution < 1.29 is 0 Å². The monoisotopic (exact) mass is 249 g/mol. The number of nitrogens with zero attached hydrogens (tertiary/aromatic N) is 2. The Bertz CT molecular complexity index is 541. The molecule has 1 fully saturated rings. The molecule has 1 saturated carbocycles. The quantitative estimate of drug-likeness (QED) is 0.839. The maximum absolute atomic E-state index is 6.18. The van der Waals surface area contributed by atoms with Crippen LogP contribution in [0.5, 0.6) is 0 Å². The second-order valence-electron chi connectivity index (χ2n) is 4.81. The normalized spacial score (nSPS) is 17.7. The third kappa shape index (κ3) is 1.89. The van der Waals surface area contributed by atoms with Crippen molar-refractivity contribution in [2.24, 2.45) is 0 Å². The van der Waals surface area contributed by atoms with E-state index in [-0.39, 0.29) is 0 Å². The molecule has 3 rings (SSSR count). The summed E-state index contributed by atoms with van der Waals surface area (Å²) < 4.78 is 2.09. The number of nitrogen functional groups attached to an aromatic ring is 1. The zero-order chi connectivity index (χ0) is 11.8. The number of hydrogen-bond donors (Lipinski definition) is 1. The summed E-state index contributed by atoms with van der Waals surface area (Å²) in [5, 5.41) is 0.567. The van der Waals surface area contributed by atoms with Gasteiger partial charge in [-0.15, -0.1) is 0 Å². The van der Waals surface area contributed by atoms with Gasteiger partial charge in [-0.05, 0) is 25.0 Å². The van der Waals surface area contributed by atoms with Gasteiger partial charge in [-0.3, -0.25) is 0 Å². The molecule has 0 aromatic carbocycles. The molecule has 0 bridgehead atoms. The zero-order valence-electron chi connectivity index (χ0n) is 9.69. The molecule has 2 aromatic rings. The van der Waals surface area contributed by atoms with E-state index in [1.165, 1.54) is 32.1 Å². The number of fused-ring (bicyclic) bond motifs is 1. The van der Waals surface area contributed by atoms with Crippen LogP contribution in [-0.2, 0) is 0 Å². The van der Waals surface area contributed by atoms with Gasteiger partial charge in [-0.25, -0.2) is 4.98 Å². The Morgan fingerprint density at radius 1 is 1.29 bits per heavy atom. The predicted molar refractivity (Wildman–Crippen MR) is 70.4 cm³/mol. The van der Waals surface area contributed by atoms with Crippen LogP contribution in [0.1, 0.15) is 43.8 Å². The van der Waals surface area contributed by atoms with Gasteiger partial charge in [0.25, 0.3) is 0 Å². The van der Waals surface area contributed by atoms with E-state index in [0.29, 0.717) is 11.1 Å². The molecule has 0 aliphatic heterocycles. The van der Waals surface area contributed by atoms with E-state index in [1.807, 2.05) is 18.3 Å². The highest BCUT2D eigenvalue weighted by molar-refractivity contribution is 6.32. The highest BCUT2D eigenvalue weighted by Crippen LogP contribution is 2.34. The van der Waals surface area contributed by atoms with Gasteiger partial charge >= 0.3 is 0 Å². The number of aromatic nitrogens is 2. The Morgan fingerprint density at radius 2 is 2.06 bits per heavy atom. The molecule has 3 nitrogen and oxygen atoms in total. The van der Waals surface area contributed by atoms with Crippen LogP contribution in [0, 0.1) is 0 Å². The fraction of sp³-hybridized carbons (Fsp3) is 0.462. The first-order chi connectivity index (χ1) is 8.25. The molecule has 0 unspecified atom stereocenters. The van der Waals surface area contributed by atoms with Gasteiger partial charge in [0, 0.05) is 17.8 Å². The number of halogens is 1. The zero-order valence-corrected chi connectivity index (χ0v) is 10.5. The van der Waals surface area contributed by atoms with Crippen molar-refractivity contribution in [3.8, 4) is 0 Å². The van der Waals surface area contributed by atoms with E-state index in [0.717, 1.165) is 17.0 Å². The van der Waals surface area contributed by atoms with E-state index in [9.17, 15) is 0 Å². The topological polar surface area (TPSA) is 43.3 Å². The molecule has 0 spiro atoms. The Balaban J connectivity index is 2.10. The molecule has 1 aliphatic rings. The van der Waals surface area contributed by atoms with Crippen molar-refractivity contribution in [3.05, 3.63) is 29.3 Å². The third-order valence-corrected chi connectivity index (χ3v) is 3.90. The van der Waals surface area contributed by atoms with Gasteiger partial charge in [0.15, 0.2) is 5.15 Å². The van der Waals surface area contributed by atoms with Crippen LogP contribution in [0.3, 0.4) is 0 Å². The van der Waals surface area contributed by atoms with Crippen molar-refractivity contribution >= 4 is 22.8 Å². The fourth-order valence-corrected chi connectivity index (χ4v) is 2.97. The lowest BCUT2D eigenvalue weighted by molar-refractivity contribution is 0.428. The second kappa shape index (κ2) is 4.22. The van der Waals surface area contributed by atoms with Gasteiger partial charge in [0.2, 0.25) is 0 Å². The first-order valence-corrected chi connectivity index (χ1v) is 6.56. The highest BCUT2D eigenvalue weighted by Gasteiger charge is 2.21. The Hall–Kier alpha value is -1.22. The molecule has 2 heterocycles. The minimum atomic E-state index is 0.548. The number of pyridine rings is 1. The molecule has 2 N–H and O–H groups in total. The first-order valence-electron chi connectivity index (χ1n) is 6.18. The van der Waals surface area contributed by atoms with Crippen LogP contribution < -0.4 is 5.73 Å². The highest BCUT2D eigenvalue weighted by atomic mass is 35.5. The number of nitrogens with two attached hydrogens (primary N) is 1. The molecule has 0 atom stereocenters. The summed E-state index contributed by atoms with van der Waals surface area (Å²) in [5.41, 5.74) is 7.44. The molecule has 2 aromatic heterocycles. The van der Waals surface area contributed by atoms with E-state index in [4.69, 9.17) is 17.3 Å². The van der Waals surface area contributed by atoms with E-state index in [2.05, 4.69) is 9.38 Å². The van der Waals surface area contributed by atoms with Crippen LogP contribution in [-0.4, -0.2) is 9.38 Å². The van der Waals surface area contributed by atoms with E-state index < -0.39 is 0 Å². The van der Waals surface area contributed by atoms with E-state index in [1.54, 1.807) is 0 Å². The van der Waals surface area contributed by atoms with Crippen molar-refractivity contribution in [1.29, 1.82) is 0 Å². The number of rotatable bonds is 1. The molecule has 0 radical (unpaired) electrons.